The molecule has 0 bridgehead atoms. The average molecular weight is 242 g/mol. The molecule has 0 saturated carbocycles. The Kier molecular flexibility index (Phi) is 3.78. The van der Waals surface area contributed by atoms with Crippen molar-refractivity contribution in [1.82, 2.24) is 0 Å². The summed E-state index contributed by atoms with van der Waals surface area (Å²) in [5.74, 6) is -0.228. The second-order valence-electron chi connectivity index (χ2n) is 4.86. The third kappa shape index (κ3) is 3.67. The molecule has 0 amide bonds. The Bertz CT molecular complexity index is 488. The number of benzene rings is 2. The van der Waals surface area contributed by atoms with Crippen LogP contribution in [0, 0.1) is 12.2 Å². The van der Waals surface area contributed by atoms with Crippen LogP contribution in [-0.4, -0.2) is 5.54 Å². The smallest absolute Gasteiger partial charge is 0.123 e. The summed E-state index contributed by atoms with van der Waals surface area (Å²) in [6.07, 6.45) is 2.73. The first-order valence-corrected chi connectivity index (χ1v) is 5.99. The molecule has 2 heteroatoms. The van der Waals surface area contributed by atoms with Gasteiger partial charge < -0.3 is 5.73 Å². The fraction of sp³-hybridized carbons (Fsp3) is 0.188. The summed E-state index contributed by atoms with van der Waals surface area (Å²) < 4.78 is 12.8. The molecule has 2 aromatic carbocycles. The Balaban J connectivity index is 2.05. The van der Waals surface area contributed by atoms with Crippen molar-refractivity contribution in [3.05, 3.63) is 78.0 Å². The molecule has 0 saturated heterocycles. The Morgan fingerprint density at radius 3 is 2.28 bits per heavy atom. The average Bonchev–Trinajstić information content (AvgIpc) is 2.32. The van der Waals surface area contributed by atoms with Crippen LogP contribution in [0.25, 0.3) is 0 Å². The normalized spacial score (nSPS) is 14.2. The molecule has 0 aliphatic heterocycles. The Labute approximate surface area is 107 Å². The maximum atomic E-state index is 12.8. The van der Waals surface area contributed by atoms with Crippen LogP contribution in [0.2, 0.25) is 0 Å². The molecule has 93 valence electrons. The predicted octanol–water partition coefficient (Wildman–Crippen LogP) is 3.34. The van der Waals surface area contributed by atoms with Crippen molar-refractivity contribution >= 4 is 0 Å². The first kappa shape index (κ1) is 12.8. The quantitative estimate of drug-likeness (QED) is 0.874. The SMILES string of the molecule is CC(N)([CH]c1ccc(F)cc1)Cc1ccccc1. The van der Waals surface area contributed by atoms with Gasteiger partial charge in [-0.15, -0.1) is 0 Å². The van der Waals surface area contributed by atoms with Crippen LogP contribution in [-0.2, 0) is 6.42 Å². The minimum Gasteiger partial charge on any atom is -0.324 e. The third-order valence-electron chi connectivity index (χ3n) is 2.79. The summed E-state index contributed by atoms with van der Waals surface area (Å²) in [4.78, 5) is 0. The molecule has 0 fully saturated rings. The summed E-state index contributed by atoms with van der Waals surface area (Å²) in [7, 11) is 0. The second-order valence-corrected chi connectivity index (χ2v) is 4.86. The van der Waals surface area contributed by atoms with Crippen molar-refractivity contribution in [3.8, 4) is 0 Å². The van der Waals surface area contributed by atoms with E-state index in [0.29, 0.717) is 0 Å². The highest BCUT2D eigenvalue weighted by atomic mass is 19.1. The lowest BCUT2D eigenvalue weighted by molar-refractivity contribution is 0.547. The lowest BCUT2D eigenvalue weighted by Crippen LogP contribution is -2.39. The van der Waals surface area contributed by atoms with E-state index in [-0.39, 0.29) is 5.82 Å². The highest BCUT2D eigenvalue weighted by molar-refractivity contribution is 5.30. The molecular weight excluding hydrogens is 225 g/mol. The van der Waals surface area contributed by atoms with Gasteiger partial charge in [0.1, 0.15) is 5.82 Å². The van der Waals surface area contributed by atoms with E-state index in [1.807, 2.05) is 31.5 Å². The lowest BCUT2D eigenvalue weighted by Gasteiger charge is -2.24. The first-order chi connectivity index (χ1) is 8.55. The maximum absolute atomic E-state index is 12.8. The fourth-order valence-electron chi connectivity index (χ4n) is 2.03. The highest BCUT2D eigenvalue weighted by Gasteiger charge is 2.20. The number of rotatable bonds is 4. The maximum Gasteiger partial charge on any atom is 0.123 e. The van der Waals surface area contributed by atoms with Crippen LogP contribution in [0.1, 0.15) is 18.1 Å². The van der Waals surface area contributed by atoms with E-state index in [4.69, 9.17) is 5.73 Å². The van der Waals surface area contributed by atoms with Gasteiger partial charge in [-0.2, -0.15) is 0 Å². The number of hydrogen-bond donors (Lipinski definition) is 1. The minimum atomic E-state index is -0.445. The van der Waals surface area contributed by atoms with Gasteiger partial charge in [-0.1, -0.05) is 42.5 Å². The molecule has 0 aliphatic carbocycles. The molecule has 2 aromatic rings. The Hall–Kier alpha value is -1.67. The first-order valence-electron chi connectivity index (χ1n) is 5.99. The van der Waals surface area contributed by atoms with Crippen LogP contribution < -0.4 is 5.73 Å². The molecule has 1 radical (unpaired) electrons. The van der Waals surface area contributed by atoms with Crippen molar-refractivity contribution < 1.29 is 4.39 Å². The fourth-order valence-corrected chi connectivity index (χ4v) is 2.03. The van der Waals surface area contributed by atoms with E-state index in [1.54, 1.807) is 12.1 Å². The van der Waals surface area contributed by atoms with Crippen molar-refractivity contribution in [1.29, 1.82) is 0 Å². The van der Waals surface area contributed by atoms with Crippen LogP contribution >= 0.6 is 0 Å². The van der Waals surface area contributed by atoms with E-state index in [9.17, 15) is 4.39 Å². The Morgan fingerprint density at radius 2 is 1.67 bits per heavy atom. The summed E-state index contributed by atoms with van der Waals surface area (Å²) in [5, 5.41) is 0. The lowest BCUT2D eigenvalue weighted by atomic mass is 9.87. The van der Waals surface area contributed by atoms with Gasteiger partial charge >= 0.3 is 0 Å². The van der Waals surface area contributed by atoms with Crippen molar-refractivity contribution in [3.63, 3.8) is 0 Å². The van der Waals surface area contributed by atoms with E-state index in [1.165, 1.54) is 17.7 Å². The largest absolute Gasteiger partial charge is 0.324 e. The standard InChI is InChI=1S/C16H17FN/c1-16(18,11-13-5-3-2-4-6-13)12-14-7-9-15(17)10-8-14/h2-10,12H,11,18H2,1H3. The molecular formula is C16H17FN. The topological polar surface area (TPSA) is 26.0 Å². The number of hydrogen-bond acceptors (Lipinski definition) is 1. The highest BCUT2D eigenvalue weighted by Crippen LogP contribution is 2.18. The van der Waals surface area contributed by atoms with Gasteiger partial charge in [-0.3, -0.25) is 0 Å². The van der Waals surface area contributed by atoms with Gasteiger partial charge in [0, 0.05) is 12.0 Å². The monoisotopic (exact) mass is 242 g/mol. The van der Waals surface area contributed by atoms with Gasteiger partial charge in [0.2, 0.25) is 0 Å². The molecule has 0 spiro atoms. The van der Waals surface area contributed by atoms with Crippen molar-refractivity contribution in [2.45, 2.75) is 18.9 Å². The van der Waals surface area contributed by atoms with Gasteiger partial charge in [0.25, 0.3) is 0 Å². The molecule has 0 heterocycles. The van der Waals surface area contributed by atoms with Crippen LogP contribution in [0.5, 0.6) is 0 Å². The molecule has 0 aromatic heterocycles. The van der Waals surface area contributed by atoms with E-state index in [2.05, 4.69) is 12.1 Å². The minimum absolute atomic E-state index is 0.228. The summed E-state index contributed by atoms with van der Waals surface area (Å²) >= 11 is 0. The molecule has 0 aliphatic rings. The predicted molar refractivity (Wildman–Crippen MR) is 72.5 cm³/mol. The van der Waals surface area contributed by atoms with E-state index < -0.39 is 5.54 Å². The molecule has 2 rings (SSSR count). The summed E-state index contributed by atoms with van der Waals surface area (Å²) in [5.41, 5.74) is 7.96. The summed E-state index contributed by atoms with van der Waals surface area (Å²) in [6.45, 7) is 1.98. The molecule has 18 heavy (non-hydrogen) atoms. The van der Waals surface area contributed by atoms with Gasteiger partial charge in [0.05, 0.1) is 0 Å². The molecule has 1 unspecified atom stereocenters. The molecule has 1 atom stereocenters. The zero-order valence-electron chi connectivity index (χ0n) is 10.4. The zero-order valence-corrected chi connectivity index (χ0v) is 10.4. The summed E-state index contributed by atoms with van der Waals surface area (Å²) in [6, 6.07) is 16.5. The molecule has 2 N–H and O–H groups in total. The van der Waals surface area contributed by atoms with Crippen LogP contribution in [0.3, 0.4) is 0 Å². The Morgan fingerprint density at radius 1 is 1.06 bits per heavy atom. The van der Waals surface area contributed by atoms with Crippen LogP contribution in [0.4, 0.5) is 4.39 Å². The zero-order chi connectivity index (χ0) is 13.0. The van der Waals surface area contributed by atoms with Crippen molar-refractivity contribution in [2.24, 2.45) is 5.73 Å². The third-order valence-corrected chi connectivity index (χ3v) is 2.79. The second kappa shape index (κ2) is 5.32. The van der Waals surface area contributed by atoms with Crippen molar-refractivity contribution in [2.75, 3.05) is 0 Å². The molecule has 1 nitrogen and oxygen atoms in total. The van der Waals surface area contributed by atoms with Gasteiger partial charge in [0.15, 0.2) is 0 Å². The van der Waals surface area contributed by atoms with E-state index >= 15 is 0 Å². The number of nitrogens with two attached hydrogens (primary N) is 1. The van der Waals surface area contributed by atoms with Gasteiger partial charge in [-0.25, -0.2) is 4.39 Å². The van der Waals surface area contributed by atoms with Crippen LogP contribution in [0.15, 0.2) is 54.6 Å². The van der Waals surface area contributed by atoms with E-state index in [0.717, 1.165) is 12.0 Å². The van der Waals surface area contributed by atoms with Gasteiger partial charge in [-0.05, 0) is 36.6 Å². The number of halogens is 1.